The number of amides is 2. The summed E-state index contributed by atoms with van der Waals surface area (Å²) < 4.78 is 5.29. The number of carbonyl (C=O) groups excluding carboxylic acids is 3. The normalized spacial score (nSPS) is 22.8. The second-order valence-electron chi connectivity index (χ2n) is 10.5. The van der Waals surface area contributed by atoms with E-state index in [1.807, 2.05) is 24.3 Å². The number of hydrogen-bond donors (Lipinski definition) is 2. The molecule has 1 saturated carbocycles. The summed E-state index contributed by atoms with van der Waals surface area (Å²) in [6, 6.07) is 6.73. The SMILES string of the molecule is C=CN(C1C(=O)NC1OC(C)=O)C1(NC(=O)c2ccc(-c3csc(N4CCN(C)CC4)n3)cc2)CCCCC1. The van der Waals surface area contributed by atoms with Crippen molar-refractivity contribution in [2.24, 2.45) is 0 Å². The van der Waals surface area contributed by atoms with Crippen LogP contribution in [0.3, 0.4) is 0 Å². The number of aromatic nitrogens is 1. The molecule has 2 N–H and O–H groups in total. The van der Waals surface area contributed by atoms with E-state index in [0.29, 0.717) is 18.4 Å². The van der Waals surface area contributed by atoms with Crippen molar-refractivity contribution >= 4 is 34.3 Å². The van der Waals surface area contributed by atoms with Gasteiger partial charge in [0.25, 0.3) is 11.8 Å². The Morgan fingerprint density at radius 2 is 1.87 bits per heavy atom. The molecule has 2 unspecified atom stereocenters. The number of rotatable bonds is 8. The smallest absolute Gasteiger partial charge is 0.304 e. The van der Waals surface area contributed by atoms with Gasteiger partial charge in [0.2, 0.25) is 6.23 Å². The van der Waals surface area contributed by atoms with Gasteiger partial charge in [0.15, 0.2) is 11.2 Å². The van der Waals surface area contributed by atoms with Crippen molar-refractivity contribution in [2.45, 2.75) is 57.0 Å². The molecule has 2 saturated heterocycles. The van der Waals surface area contributed by atoms with E-state index in [1.165, 1.54) is 6.92 Å². The minimum absolute atomic E-state index is 0.226. The molecule has 3 aliphatic rings. The number of likely N-dealkylation sites (N-methyl/N-ethyl adjacent to an activating group) is 1. The molecule has 3 fully saturated rings. The number of carbonyl (C=O) groups is 3. The number of nitrogens with one attached hydrogen (secondary N) is 2. The molecule has 2 atom stereocenters. The summed E-state index contributed by atoms with van der Waals surface area (Å²) in [6.45, 7) is 9.24. The Balaban J connectivity index is 1.31. The van der Waals surface area contributed by atoms with Crippen molar-refractivity contribution in [1.82, 2.24) is 25.4 Å². The molecule has 1 aromatic heterocycles. The first kappa shape index (κ1) is 27.1. The highest BCUT2D eigenvalue weighted by atomic mass is 32.1. The number of nitrogens with zero attached hydrogens (tertiary/aromatic N) is 4. The second-order valence-corrected chi connectivity index (χ2v) is 11.3. The molecular weight excluding hydrogens is 516 g/mol. The number of hydrogen-bond acceptors (Lipinski definition) is 9. The fourth-order valence-corrected chi connectivity index (χ4v) is 6.53. The van der Waals surface area contributed by atoms with Gasteiger partial charge in [-0.25, -0.2) is 4.98 Å². The van der Waals surface area contributed by atoms with Crippen LogP contribution in [0.2, 0.25) is 0 Å². The van der Waals surface area contributed by atoms with Gasteiger partial charge in [0.1, 0.15) is 5.66 Å². The Morgan fingerprint density at radius 3 is 2.49 bits per heavy atom. The van der Waals surface area contributed by atoms with Crippen molar-refractivity contribution in [3.63, 3.8) is 0 Å². The van der Waals surface area contributed by atoms with E-state index in [9.17, 15) is 14.4 Å². The van der Waals surface area contributed by atoms with Gasteiger partial charge in [-0.3, -0.25) is 14.4 Å². The lowest BCUT2D eigenvalue weighted by Gasteiger charge is -2.53. The third-order valence-electron chi connectivity index (χ3n) is 7.86. The van der Waals surface area contributed by atoms with Crippen LogP contribution < -0.4 is 15.5 Å². The maximum Gasteiger partial charge on any atom is 0.304 e. The topological polar surface area (TPSA) is 107 Å². The van der Waals surface area contributed by atoms with Gasteiger partial charge in [-0.1, -0.05) is 25.1 Å². The first-order valence-electron chi connectivity index (χ1n) is 13.5. The molecule has 0 radical (unpaired) electrons. The predicted octanol–water partition coefficient (Wildman–Crippen LogP) is 2.79. The summed E-state index contributed by atoms with van der Waals surface area (Å²) >= 11 is 1.64. The Morgan fingerprint density at radius 1 is 1.18 bits per heavy atom. The molecule has 1 aromatic carbocycles. The minimum atomic E-state index is -0.803. The molecule has 1 aliphatic carbocycles. The van der Waals surface area contributed by atoms with Crippen LogP contribution in [0.5, 0.6) is 0 Å². The van der Waals surface area contributed by atoms with Gasteiger partial charge < -0.3 is 30.1 Å². The first-order valence-corrected chi connectivity index (χ1v) is 14.4. The summed E-state index contributed by atoms with van der Waals surface area (Å²) in [5.74, 6) is -0.967. The van der Waals surface area contributed by atoms with Crippen LogP contribution in [-0.4, -0.2) is 83.7 Å². The van der Waals surface area contributed by atoms with Crippen LogP contribution >= 0.6 is 11.3 Å². The van der Waals surface area contributed by atoms with Crippen molar-refractivity contribution in [2.75, 3.05) is 38.1 Å². The lowest BCUT2D eigenvalue weighted by atomic mass is 9.85. The molecule has 2 aromatic rings. The number of anilines is 1. The number of ether oxygens (including phenoxy) is 1. The van der Waals surface area contributed by atoms with E-state index in [0.717, 1.165) is 61.8 Å². The summed E-state index contributed by atoms with van der Waals surface area (Å²) in [5.41, 5.74) is 1.58. The summed E-state index contributed by atoms with van der Waals surface area (Å²) in [7, 11) is 2.14. The number of thiazole rings is 1. The lowest BCUT2D eigenvalue weighted by Crippen LogP contribution is -2.75. The van der Waals surface area contributed by atoms with Crippen LogP contribution in [0, 0.1) is 0 Å². The zero-order valence-electron chi connectivity index (χ0n) is 22.5. The van der Waals surface area contributed by atoms with E-state index in [-0.39, 0.29) is 11.8 Å². The van der Waals surface area contributed by atoms with E-state index in [4.69, 9.17) is 9.72 Å². The third kappa shape index (κ3) is 5.65. The second kappa shape index (κ2) is 11.4. The highest BCUT2D eigenvalue weighted by Crippen LogP contribution is 2.36. The number of benzene rings is 1. The van der Waals surface area contributed by atoms with Crippen LogP contribution in [0.15, 0.2) is 42.4 Å². The number of esters is 1. The monoisotopic (exact) mass is 552 g/mol. The highest BCUT2D eigenvalue weighted by molar-refractivity contribution is 7.14. The Kier molecular flexibility index (Phi) is 7.90. The standard InChI is InChI=1S/C28H36N6O4S/c1-4-34(23-25(37)30-26(23)38-19(2)35)28(12-6-5-7-13-28)31-24(36)21-10-8-20(9-11-21)22-18-39-27(29-22)33-16-14-32(3)15-17-33/h4,8-11,18,23,26H,1,5-7,12-17H2,2-3H3,(H,30,37)(H,31,36). The van der Waals surface area contributed by atoms with E-state index >= 15 is 0 Å². The van der Waals surface area contributed by atoms with Crippen LogP contribution in [0.1, 0.15) is 49.4 Å². The molecule has 0 bridgehead atoms. The average Bonchev–Trinajstić information content (AvgIpc) is 3.42. The predicted molar refractivity (Wildman–Crippen MR) is 150 cm³/mol. The fourth-order valence-electron chi connectivity index (χ4n) is 5.65. The van der Waals surface area contributed by atoms with E-state index in [1.54, 1.807) is 22.4 Å². The molecule has 2 aliphatic heterocycles. The van der Waals surface area contributed by atoms with Crippen LogP contribution in [0.25, 0.3) is 11.3 Å². The van der Waals surface area contributed by atoms with Crippen LogP contribution in [0.4, 0.5) is 5.13 Å². The van der Waals surface area contributed by atoms with Crippen molar-refractivity contribution in [3.8, 4) is 11.3 Å². The summed E-state index contributed by atoms with van der Waals surface area (Å²) in [6.07, 6.45) is 4.96. The maximum absolute atomic E-state index is 13.5. The molecule has 5 rings (SSSR count). The van der Waals surface area contributed by atoms with Crippen molar-refractivity contribution in [3.05, 3.63) is 48.0 Å². The Bertz CT molecular complexity index is 1220. The van der Waals surface area contributed by atoms with Crippen molar-refractivity contribution < 1.29 is 19.1 Å². The van der Waals surface area contributed by atoms with Gasteiger partial charge in [-0.15, -0.1) is 11.3 Å². The third-order valence-corrected chi connectivity index (χ3v) is 8.76. The largest absolute Gasteiger partial charge is 0.439 e. The lowest BCUT2D eigenvalue weighted by molar-refractivity contribution is -0.173. The van der Waals surface area contributed by atoms with Crippen molar-refractivity contribution in [1.29, 1.82) is 0 Å². The zero-order chi connectivity index (χ0) is 27.6. The maximum atomic E-state index is 13.5. The van der Waals surface area contributed by atoms with Gasteiger partial charge in [0, 0.05) is 49.6 Å². The summed E-state index contributed by atoms with van der Waals surface area (Å²) in [4.78, 5) is 48.9. The van der Waals surface area contributed by atoms with Crippen LogP contribution in [-0.2, 0) is 14.3 Å². The summed E-state index contributed by atoms with van der Waals surface area (Å²) in [5, 5.41) is 8.94. The Labute approximate surface area is 233 Å². The zero-order valence-corrected chi connectivity index (χ0v) is 23.3. The molecule has 11 heteroatoms. The number of β-lactam (4-membered cyclic amide) rings is 1. The molecule has 10 nitrogen and oxygen atoms in total. The first-order chi connectivity index (χ1) is 18.8. The quantitative estimate of drug-likeness (QED) is 0.293. The average molecular weight is 553 g/mol. The number of piperazine rings is 1. The van der Waals surface area contributed by atoms with E-state index < -0.39 is 23.9 Å². The molecule has 0 spiro atoms. The van der Waals surface area contributed by atoms with Gasteiger partial charge in [-0.2, -0.15) is 0 Å². The molecular formula is C28H36N6O4S. The van der Waals surface area contributed by atoms with E-state index in [2.05, 4.69) is 39.4 Å². The molecule has 39 heavy (non-hydrogen) atoms. The molecule has 2 amide bonds. The molecule has 3 heterocycles. The van der Waals surface area contributed by atoms with Gasteiger partial charge in [-0.05, 0) is 51.1 Å². The van der Waals surface area contributed by atoms with Gasteiger partial charge >= 0.3 is 5.97 Å². The fraction of sp³-hybridized carbons (Fsp3) is 0.500. The minimum Gasteiger partial charge on any atom is -0.439 e. The molecule has 208 valence electrons. The Hall–Kier alpha value is -3.44. The highest BCUT2D eigenvalue weighted by Gasteiger charge is 2.52. The van der Waals surface area contributed by atoms with Gasteiger partial charge in [0.05, 0.1) is 5.69 Å².